The van der Waals surface area contributed by atoms with Gasteiger partial charge in [-0.3, -0.25) is 9.59 Å². The molecule has 25 heavy (non-hydrogen) atoms. The van der Waals surface area contributed by atoms with Gasteiger partial charge in [0, 0.05) is 16.5 Å². The van der Waals surface area contributed by atoms with Gasteiger partial charge in [0.2, 0.25) is 5.91 Å². The number of hydrogen-bond donors (Lipinski definition) is 2. The zero-order chi connectivity index (χ0) is 17.6. The van der Waals surface area contributed by atoms with Gasteiger partial charge < -0.3 is 15.3 Å². The number of carboxylic acid groups (broad SMARTS) is 1. The monoisotopic (exact) mass is 360 g/mol. The summed E-state index contributed by atoms with van der Waals surface area (Å²) in [4.78, 5) is 38.9. The molecule has 0 radical (unpaired) electrons. The van der Waals surface area contributed by atoms with E-state index in [2.05, 4.69) is 5.32 Å². The number of rotatable bonds is 2. The fraction of sp³-hybridized carbons (Fsp3) is 0.500. The summed E-state index contributed by atoms with van der Waals surface area (Å²) in [7, 11) is 0. The minimum absolute atomic E-state index is 0.0161. The zero-order valence-corrected chi connectivity index (χ0v) is 14.6. The number of carbonyl (C=O) groups is 3. The Bertz CT molecular complexity index is 751. The molecular formula is C18H20N2O4S. The summed E-state index contributed by atoms with van der Waals surface area (Å²) < 4.78 is 0. The number of likely N-dealkylation sites (tertiary alicyclic amines) is 1. The maximum Gasteiger partial charge on any atom is 0.326 e. The summed E-state index contributed by atoms with van der Waals surface area (Å²) in [5.41, 5.74) is 1.08. The van der Waals surface area contributed by atoms with Crippen molar-refractivity contribution in [3.05, 3.63) is 23.8 Å². The number of benzene rings is 1. The number of anilines is 1. The van der Waals surface area contributed by atoms with Crippen molar-refractivity contribution in [1.29, 1.82) is 0 Å². The van der Waals surface area contributed by atoms with Crippen LogP contribution in [0.2, 0.25) is 0 Å². The van der Waals surface area contributed by atoms with Crippen LogP contribution >= 0.6 is 11.8 Å². The van der Waals surface area contributed by atoms with Gasteiger partial charge in [-0.1, -0.05) is 12.8 Å². The first-order valence-corrected chi connectivity index (χ1v) is 9.65. The molecule has 0 spiro atoms. The average molecular weight is 360 g/mol. The van der Waals surface area contributed by atoms with Gasteiger partial charge in [0.25, 0.3) is 5.91 Å². The Balaban J connectivity index is 1.65. The van der Waals surface area contributed by atoms with Gasteiger partial charge in [0.1, 0.15) is 6.04 Å². The molecule has 4 rings (SSSR count). The van der Waals surface area contributed by atoms with E-state index in [9.17, 15) is 19.5 Å². The zero-order valence-electron chi connectivity index (χ0n) is 13.7. The van der Waals surface area contributed by atoms with Gasteiger partial charge in [-0.2, -0.15) is 0 Å². The molecule has 132 valence electrons. The lowest BCUT2D eigenvalue weighted by Crippen LogP contribution is -2.46. The molecule has 1 saturated carbocycles. The molecule has 0 bridgehead atoms. The van der Waals surface area contributed by atoms with Crippen molar-refractivity contribution in [2.75, 3.05) is 11.1 Å². The second-order valence-corrected chi connectivity index (χ2v) is 7.98. The van der Waals surface area contributed by atoms with E-state index in [0.717, 1.165) is 30.6 Å². The molecule has 3 unspecified atom stereocenters. The van der Waals surface area contributed by atoms with Gasteiger partial charge in [0.15, 0.2) is 0 Å². The molecule has 2 amide bonds. The highest BCUT2D eigenvalue weighted by Gasteiger charge is 2.47. The first kappa shape index (κ1) is 16.4. The van der Waals surface area contributed by atoms with Gasteiger partial charge in [-0.15, -0.1) is 11.8 Å². The first-order valence-electron chi connectivity index (χ1n) is 8.67. The Kier molecular flexibility index (Phi) is 4.19. The molecule has 6 nitrogen and oxygen atoms in total. The predicted molar refractivity (Wildman–Crippen MR) is 93.8 cm³/mol. The third-order valence-corrected chi connectivity index (χ3v) is 6.54. The molecule has 3 aliphatic rings. The first-order chi connectivity index (χ1) is 12.0. The maximum absolute atomic E-state index is 13.1. The summed E-state index contributed by atoms with van der Waals surface area (Å²) in [6.07, 6.45) is 4.56. The Morgan fingerprint density at radius 1 is 1.24 bits per heavy atom. The Hall–Kier alpha value is -2.02. The minimum atomic E-state index is -0.926. The third-order valence-electron chi connectivity index (χ3n) is 5.47. The summed E-state index contributed by atoms with van der Waals surface area (Å²) in [5.74, 6) is -0.596. The maximum atomic E-state index is 13.1. The molecule has 1 aromatic rings. The van der Waals surface area contributed by atoms with Crippen molar-refractivity contribution in [2.24, 2.45) is 5.92 Å². The van der Waals surface area contributed by atoms with Crippen LogP contribution in [0.3, 0.4) is 0 Å². The number of fused-ring (bicyclic) bond motifs is 2. The van der Waals surface area contributed by atoms with Crippen LogP contribution in [0.1, 0.15) is 42.5 Å². The SMILES string of the molecule is O=C1CSc2ccc(C(=O)N3C(C(=O)O)CC4CCCCC43)cc2N1. The second-order valence-electron chi connectivity index (χ2n) is 6.96. The van der Waals surface area contributed by atoms with Crippen molar-refractivity contribution in [1.82, 2.24) is 4.90 Å². The number of amides is 2. The summed E-state index contributed by atoms with van der Waals surface area (Å²) in [6, 6.07) is 4.51. The lowest BCUT2D eigenvalue weighted by atomic mass is 9.84. The van der Waals surface area contributed by atoms with E-state index >= 15 is 0 Å². The van der Waals surface area contributed by atoms with Crippen LogP contribution in [-0.2, 0) is 9.59 Å². The molecule has 1 aromatic carbocycles. The molecule has 2 fully saturated rings. The van der Waals surface area contributed by atoms with Crippen LogP contribution < -0.4 is 5.32 Å². The van der Waals surface area contributed by atoms with Crippen LogP contribution in [0.15, 0.2) is 23.1 Å². The van der Waals surface area contributed by atoms with E-state index in [4.69, 9.17) is 0 Å². The molecule has 3 atom stereocenters. The number of hydrogen-bond acceptors (Lipinski definition) is 4. The smallest absolute Gasteiger partial charge is 0.326 e. The van der Waals surface area contributed by atoms with Crippen molar-refractivity contribution in [3.63, 3.8) is 0 Å². The number of carboxylic acids is 1. The Morgan fingerprint density at radius 2 is 2.04 bits per heavy atom. The van der Waals surface area contributed by atoms with Crippen molar-refractivity contribution in [3.8, 4) is 0 Å². The standard InChI is InChI=1S/C18H20N2O4S/c21-16-9-25-15-6-5-11(7-12(15)19-16)17(22)20-13-4-2-1-3-10(13)8-14(20)18(23)24/h5-7,10,13-14H,1-4,8-9H2,(H,19,21)(H,23,24). The summed E-state index contributed by atoms with van der Waals surface area (Å²) in [6.45, 7) is 0. The van der Waals surface area contributed by atoms with E-state index in [1.807, 2.05) is 6.07 Å². The number of nitrogens with zero attached hydrogens (tertiary/aromatic N) is 1. The van der Waals surface area contributed by atoms with Gasteiger partial charge in [0.05, 0.1) is 11.4 Å². The summed E-state index contributed by atoms with van der Waals surface area (Å²) in [5, 5.41) is 12.4. The minimum Gasteiger partial charge on any atom is -0.480 e. The van der Waals surface area contributed by atoms with Crippen molar-refractivity contribution < 1.29 is 19.5 Å². The third kappa shape index (κ3) is 2.90. The van der Waals surface area contributed by atoms with Gasteiger partial charge in [-0.05, 0) is 43.4 Å². The van der Waals surface area contributed by atoms with Crippen LogP contribution in [-0.4, -0.2) is 45.6 Å². The van der Waals surface area contributed by atoms with E-state index in [1.165, 1.54) is 11.8 Å². The Labute approximate surface area is 150 Å². The highest BCUT2D eigenvalue weighted by atomic mass is 32.2. The van der Waals surface area contributed by atoms with Crippen LogP contribution in [0.25, 0.3) is 0 Å². The van der Waals surface area contributed by atoms with E-state index in [0.29, 0.717) is 23.4 Å². The molecule has 0 aromatic heterocycles. The number of aliphatic carboxylic acids is 1. The lowest BCUT2D eigenvalue weighted by molar-refractivity contribution is -0.141. The quantitative estimate of drug-likeness (QED) is 0.846. The van der Waals surface area contributed by atoms with E-state index < -0.39 is 12.0 Å². The molecule has 7 heteroatoms. The topological polar surface area (TPSA) is 86.7 Å². The molecule has 1 aliphatic carbocycles. The van der Waals surface area contributed by atoms with Gasteiger partial charge >= 0.3 is 5.97 Å². The van der Waals surface area contributed by atoms with E-state index in [1.54, 1.807) is 17.0 Å². The van der Waals surface area contributed by atoms with Crippen molar-refractivity contribution >= 4 is 35.2 Å². The average Bonchev–Trinajstić information content (AvgIpc) is 3.00. The molecule has 2 N–H and O–H groups in total. The highest BCUT2D eigenvalue weighted by molar-refractivity contribution is 8.00. The predicted octanol–water partition coefficient (Wildman–Crippen LogP) is 2.59. The molecular weight excluding hydrogens is 340 g/mol. The number of carbonyl (C=O) groups excluding carboxylic acids is 2. The number of thioether (sulfide) groups is 1. The number of nitrogens with one attached hydrogen (secondary N) is 1. The second kappa shape index (κ2) is 6.37. The molecule has 1 saturated heterocycles. The lowest BCUT2D eigenvalue weighted by Gasteiger charge is -2.33. The van der Waals surface area contributed by atoms with Crippen LogP contribution in [0.5, 0.6) is 0 Å². The molecule has 2 heterocycles. The largest absolute Gasteiger partial charge is 0.480 e. The van der Waals surface area contributed by atoms with Crippen LogP contribution in [0, 0.1) is 5.92 Å². The van der Waals surface area contributed by atoms with Crippen molar-refractivity contribution in [2.45, 2.75) is 49.1 Å². The fourth-order valence-electron chi connectivity index (χ4n) is 4.34. The van der Waals surface area contributed by atoms with Gasteiger partial charge in [-0.25, -0.2) is 4.79 Å². The van der Waals surface area contributed by atoms with Crippen LogP contribution in [0.4, 0.5) is 5.69 Å². The normalized spacial score (nSPS) is 28.1. The fourth-order valence-corrected chi connectivity index (χ4v) is 5.13. The Morgan fingerprint density at radius 3 is 2.84 bits per heavy atom. The highest BCUT2D eigenvalue weighted by Crippen LogP contribution is 2.41. The van der Waals surface area contributed by atoms with E-state index in [-0.39, 0.29) is 23.8 Å². The molecule has 2 aliphatic heterocycles. The summed E-state index contributed by atoms with van der Waals surface area (Å²) >= 11 is 1.44.